The van der Waals surface area contributed by atoms with Crippen LogP contribution < -0.4 is 20.8 Å². The summed E-state index contributed by atoms with van der Waals surface area (Å²) >= 11 is 0. The Morgan fingerprint density at radius 1 is 0.871 bits per heavy atom. The van der Waals surface area contributed by atoms with Gasteiger partial charge >= 0.3 is 6.03 Å². The fraction of sp³-hybridized carbons (Fsp3) is 0.125. The van der Waals surface area contributed by atoms with Crippen molar-refractivity contribution in [3.05, 3.63) is 89.5 Å². The molecule has 3 amide bonds. The molecule has 0 atom stereocenters. The van der Waals surface area contributed by atoms with Crippen molar-refractivity contribution in [1.82, 2.24) is 5.43 Å². The number of nitrogens with one attached hydrogen (secondary N) is 3. The van der Waals surface area contributed by atoms with Crippen LogP contribution in [-0.2, 0) is 4.79 Å². The van der Waals surface area contributed by atoms with Gasteiger partial charge in [0.1, 0.15) is 5.75 Å². The molecule has 0 aliphatic carbocycles. The third-order valence-electron chi connectivity index (χ3n) is 4.43. The molecule has 7 heteroatoms. The minimum Gasteiger partial charge on any atom is -0.484 e. The van der Waals surface area contributed by atoms with Gasteiger partial charge in [-0.15, -0.1) is 0 Å². The lowest BCUT2D eigenvalue weighted by molar-refractivity contribution is -0.118. The highest BCUT2D eigenvalue weighted by Gasteiger charge is 2.05. The Balaban J connectivity index is 1.48. The van der Waals surface area contributed by atoms with Gasteiger partial charge in [0, 0.05) is 11.4 Å². The van der Waals surface area contributed by atoms with Crippen molar-refractivity contribution in [1.29, 1.82) is 0 Å². The largest absolute Gasteiger partial charge is 0.484 e. The molecule has 0 bridgehead atoms. The second-order valence-electron chi connectivity index (χ2n) is 6.90. The van der Waals surface area contributed by atoms with Crippen LogP contribution in [0.3, 0.4) is 0 Å². The number of anilines is 2. The van der Waals surface area contributed by atoms with E-state index in [9.17, 15) is 9.59 Å². The number of hydrogen-bond donors (Lipinski definition) is 3. The summed E-state index contributed by atoms with van der Waals surface area (Å²) < 4.78 is 5.57. The van der Waals surface area contributed by atoms with Crippen molar-refractivity contribution in [2.45, 2.75) is 13.8 Å². The van der Waals surface area contributed by atoms with Crippen LogP contribution in [0, 0.1) is 13.8 Å². The average molecular weight is 416 g/mol. The Morgan fingerprint density at radius 2 is 1.68 bits per heavy atom. The van der Waals surface area contributed by atoms with E-state index >= 15 is 0 Å². The van der Waals surface area contributed by atoms with Crippen LogP contribution in [0.1, 0.15) is 16.7 Å². The molecule has 7 nitrogen and oxygen atoms in total. The molecule has 31 heavy (non-hydrogen) atoms. The number of carbonyl (C=O) groups excluding carboxylic acids is 2. The summed E-state index contributed by atoms with van der Waals surface area (Å²) in [4.78, 5) is 24.0. The van der Waals surface area contributed by atoms with Gasteiger partial charge in [0.05, 0.1) is 6.21 Å². The molecule has 0 heterocycles. The Labute approximate surface area is 181 Å². The van der Waals surface area contributed by atoms with Crippen molar-refractivity contribution in [2.75, 3.05) is 17.2 Å². The van der Waals surface area contributed by atoms with E-state index in [1.165, 1.54) is 11.8 Å². The number of hydrogen-bond acceptors (Lipinski definition) is 4. The highest BCUT2D eigenvalue weighted by Crippen LogP contribution is 2.15. The fourth-order valence-electron chi connectivity index (χ4n) is 2.70. The molecule has 3 rings (SSSR count). The second-order valence-corrected chi connectivity index (χ2v) is 6.90. The smallest absolute Gasteiger partial charge is 0.339 e. The van der Waals surface area contributed by atoms with Crippen LogP contribution in [0.15, 0.2) is 77.9 Å². The third kappa shape index (κ3) is 7.01. The first-order valence-corrected chi connectivity index (χ1v) is 9.75. The standard InChI is InChI=1S/C24H24N4O3/c1-17-11-12-21(13-18(17)2)26-23(29)16-31-22-10-6-7-19(14-22)15-25-28-24(30)27-20-8-4-3-5-9-20/h3-15H,16H2,1-2H3,(H,26,29)(H2,27,28,30)/b25-15-. The third-order valence-corrected chi connectivity index (χ3v) is 4.43. The lowest BCUT2D eigenvalue weighted by Gasteiger charge is -2.09. The predicted octanol–water partition coefficient (Wildman–Crippen LogP) is 4.48. The maximum absolute atomic E-state index is 12.1. The van der Waals surface area contributed by atoms with E-state index < -0.39 is 6.03 Å². The summed E-state index contributed by atoms with van der Waals surface area (Å²) in [6.45, 7) is 3.89. The number of ether oxygens (including phenoxy) is 1. The topological polar surface area (TPSA) is 91.8 Å². The molecule has 3 N–H and O–H groups in total. The maximum Gasteiger partial charge on any atom is 0.339 e. The van der Waals surface area contributed by atoms with Crippen LogP contribution in [0.5, 0.6) is 5.75 Å². The van der Waals surface area contributed by atoms with Gasteiger partial charge in [-0.25, -0.2) is 10.2 Å². The number of hydrazone groups is 1. The molecule has 0 unspecified atom stereocenters. The summed E-state index contributed by atoms with van der Waals surface area (Å²) in [5.74, 6) is 0.273. The molecule has 0 aromatic heterocycles. The quantitative estimate of drug-likeness (QED) is 0.392. The Morgan fingerprint density at radius 3 is 2.45 bits per heavy atom. The van der Waals surface area contributed by atoms with Crippen molar-refractivity contribution >= 4 is 29.5 Å². The van der Waals surface area contributed by atoms with E-state index in [0.29, 0.717) is 17.0 Å². The van der Waals surface area contributed by atoms with E-state index in [1.807, 2.05) is 56.3 Å². The number of rotatable bonds is 7. The lowest BCUT2D eigenvalue weighted by atomic mass is 10.1. The van der Waals surface area contributed by atoms with E-state index in [0.717, 1.165) is 11.3 Å². The summed E-state index contributed by atoms with van der Waals surface area (Å²) in [7, 11) is 0. The zero-order valence-electron chi connectivity index (χ0n) is 17.4. The monoisotopic (exact) mass is 416 g/mol. The minimum absolute atomic E-state index is 0.120. The average Bonchev–Trinajstić information content (AvgIpc) is 2.76. The van der Waals surface area contributed by atoms with Gasteiger partial charge in [-0.1, -0.05) is 36.4 Å². The summed E-state index contributed by atoms with van der Waals surface area (Å²) in [5, 5.41) is 9.41. The minimum atomic E-state index is -0.446. The number of amides is 3. The molecule has 0 fully saturated rings. The van der Waals surface area contributed by atoms with E-state index in [1.54, 1.807) is 30.3 Å². The molecular weight excluding hydrogens is 392 g/mol. The zero-order chi connectivity index (χ0) is 22.1. The molecule has 0 aliphatic rings. The van der Waals surface area contributed by atoms with Crippen molar-refractivity contribution in [3.8, 4) is 5.75 Å². The molecule has 158 valence electrons. The van der Waals surface area contributed by atoms with Gasteiger partial charge in [-0.2, -0.15) is 5.10 Å². The second kappa shape index (κ2) is 10.6. The fourth-order valence-corrected chi connectivity index (χ4v) is 2.70. The van der Waals surface area contributed by atoms with Crippen LogP contribution >= 0.6 is 0 Å². The van der Waals surface area contributed by atoms with E-state index in [2.05, 4.69) is 21.2 Å². The molecule has 0 saturated heterocycles. The molecular formula is C24H24N4O3. The summed E-state index contributed by atoms with van der Waals surface area (Å²) in [5.41, 5.74) is 6.79. The Hall–Kier alpha value is -4.13. The highest BCUT2D eigenvalue weighted by molar-refractivity contribution is 5.92. The van der Waals surface area contributed by atoms with Crippen molar-refractivity contribution in [2.24, 2.45) is 5.10 Å². The molecule has 3 aromatic carbocycles. The van der Waals surface area contributed by atoms with Gasteiger partial charge in [-0.3, -0.25) is 4.79 Å². The van der Waals surface area contributed by atoms with Gasteiger partial charge in [0.25, 0.3) is 5.91 Å². The predicted molar refractivity (Wildman–Crippen MR) is 123 cm³/mol. The molecule has 0 radical (unpaired) electrons. The van der Waals surface area contributed by atoms with Crippen LogP contribution in [-0.4, -0.2) is 24.8 Å². The number of carbonyl (C=O) groups is 2. The first-order chi connectivity index (χ1) is 15.0. The normalized spacial score (nSPS) is 10.5. The number of urea groups is 1. The lowest BCUT2D eigenvalue weighted by Crippen LogP contribution is -2.24. The number of aryl methyl sites for hydroxylation is 2. The van der Waals surface area contributed by atoms with Gasteiger partial charge in [-0.05, 0) is 66.9 Å². The van der Waals surface area contributed by atoms with Gasteiger partial charge in [0.2, 0.25) is 0 Å². The van der Waals surface area contributed by atoms with Crippen molar-refractivity contribution < 1.29 is 14.3 Å². The van der Waals surface area contributed by atoms with E-state index in [-0.39, 0.29) is 12.5 Å². The van der Waals surface area contributed by atoms with E-state index in [4.69, 9.17) is 4.74 Å². The molecule has 0 saturated carbocycles. The SMILES string of the molecule is Cc1ccc(NC(=O)COc2cccc(/C=N\NC(=O)Nc3ccccc3)c2)cc1C. The summed E-state index contributed by atoms with van der Waals surface area (Å²) in [6.07, 6.45) is 1.49. The summed E-state index contributed by atoms with van der Waals surface area (Å²) in [6, 6.07) is 21.4. The van der Waals surface area contributed by atoms with Crippen LogP contribution in [0.25, 0.3) is 0 Å². The molecule has 0 aliphatic heterocycles. The zero-order valence-corrected chi connectivity index (χ0v) is 17.4. The Kier molecular flexibility index (Phi) is 7.37. The molecule has 0 spiro atoms. The van der Waals surface area contributed by atoms with Gasteiger partial charge in [0.15, 0.2) is 6.61 Å². The number of para-hydroxylation sites is 1. The van der Waals surface area contributed by atoms with Crippen LogP contribution in [0.4, 0.5) is 16.2 Å². The van der Waals surface area contributed by atoms with Gasteiger partial charge < -0.3 is 15.4 Å². The molecule has 3 aromatic rings. The Bertz CT molecular complexity index is 1080. The first-order valence-electron chi connectivity index (χ1n) is 9.75. The number of benzene rings is 3. The highest BCUT2D eigenvalue weighted by atomic mass is 16.5. The number of nitrogens with zero attached hydrogens (tertiary/aromatic N) is 1. The maximum atomic E-state index is 12.1. The van der Waals surface area contributed by atoms with Crippen LogP contribution in [0.2, 0.25) is 0 Å². The first kappa shape index (κ1) is 21.6. The van der Waals surface area contributed by atoms with Crippen molar-refractivity contribution in [3.63, 3.8) is 0 Å².